The molecule has 18 heavy (non-hydrogen) atoms. The average molecular weight is 312 g/mol. The Kier molecular flexibility index (Phi) is 3.43. The number of hydrogen-bond donors (Lipinski definition) is 1. The summed E-state index contributed by atoms with van der Waals surface area (Å²) in [7, 11) is 0. The molecule has 0 aromatic heterocycles. The SMILES string of the molecule is Nc1cc(Br)ccc1C(=O)c1ccc(F)c(F)c1. The first-order valence-corrected chi connectivity index (χ1v) is 5.83. The third kappa shape index (κ3) is 2.41. The molecule has 2 rings (SSSR count). The van der Waals surface area contributed by atoms with Crippen LogP contribution >= 0.6 is 15.9 Å². The number of carbonyl (C=O) groups excluding carboxylic acids is 1. The highest BCUT2D eigenvalue weighted by Gasteiger charge is 2.14. The van der Waals surface area contributed by atoms with E-state index in [0.717, 1.165) is 16.6 Å². The normalized spacial score (nSPS) is 10.4. The Labute approximate surface area is 111 Å². The molecular weight excluding hydrogens is 304 g/mol. The fraction of sp³-hybridized carbons (Fsp3) is 0. The molecule has 0 radical (unpaired) electrons. The van der Waals surface area contributed by atoms with Crippen LogP contribution in [-0.2, 0) is 0 Å². The van der Waals surface area contributed by atoms with E-state index in [1.807, 2.05) is 0 Å². The molecule has 0 saturated heterocycles. The van der Waals surface area contributed by atoms with E-state index in [2.05, 4.69) is 15.9 Å². The molecule has 0 aliphatic heterocycles. The van der Waals surface area contributed by atoms with Gasteiger partial charge in [-0.25, -0.2) is 8.78 Å². The molecule has 5 heteroatoms. The standard InChI is InChI=1S/C13H8BrF2NO/c14-8-2-3-9(12(17)6-8)13(18)7-1-4-10(15)11(16)5-7/h1-6H,17H2. The van der Waals surface area contributed by atoms with Gasteiger partial charge in [0.25, 0.3) is 0 Å². The first-order valence-electron chi connectivity index (χ1n) is 5.04. The van der Waals surface area contributed by atoms with E-state index in [1.165, 1.54) is 12.1 Å². The number of carbonyl (C=O) groups is 1. The van der Waals surface area contributed by atoms with Gasteiger partial charge in [-0.2, -0.15) is 0 Å². The van der Waals surface area contributed by atoms with Gasteiger partial charge >= 0.3 is 0 Å². The monoisotopic (exact) mass is 311 g/mol. The zero-order valence-corrected chi connectivity index (χ0v) is 10.7. The predicted molar refractivity (Wildman–Crippen MR) is 68.3 cm³/mol. The zero-order chi connectivity index (χ0) is 13.3. The number of halogens is 3. The molecule has 2 N–H and O–H groups in total. The number of rotatable bonds is 2. The number of nitrogen functional groups attached to an aromatic ring is 1. The predicted octanol–water partition coefficient (Wildman–Crippen LogP) is 3.54. The van der Waals surface area contributed by atoms with Crippen LogP contribution < -0.4 is 5.73 Å². The lowest BCUT2D eigenvalue weighted by atomic mass is 10.0. The first-order chi connectivity index (χ1) is 8.49. The lowest BCUT2D eigenvalue weighted by Gasteiger charge is -2.05. The van der Waals surface area contributed by atoms with Gasteiger partial charge in [-0.3, -0.25) is 4.79 Å². The molecular formula is C13H8BrF2NO. The van der Waals surface area contributed by atoms with Crippen LogP contribution in [-0.4, -0.2) is 5.78 Å². The van der Waals surface area contributed by atoms with Crippen molar-refractivity contribution in [3.05, 3.63) is 63.6 Å². The molecule has 2 aromatic carbocycles. The maximum absolute atomic E-state index is 13.1. The van der Waals surface area contributed by atoms with Gasteiger partial charge in [0.1, 0.15) is 0 Å². The van der Waals surface area contributed by atoms with Crippen LogP contribution in [0.1, 0.15) is 15.9 Å². The Morgan fingerprint density at radius 3 is 2.39 bits per heavy atom. The Bertz CT molecular complexity index is 628. The van der Waals surface area contributed by atoms with Crippen molar-refractivity contribution >= 4 is 27.4 Å². The van der Waals surface area contributed by atoms with E-state index < -0.39 is 17.4 Å². The fourth-order valence-electron chi connectivity index (χ4n) is 1.53. The van der Waals surface area contributed by atoms with Crippen molar-refractivity contribution in [2.45, 2.75) is 0 Å². The van der Waals surface area contributed by atoms with Crippen molar-refractivity contribution in [3.63, 3.8) is 0 Å². The third-order valence-corrected chi connectivity index (χ3v) is 2.93. The second kappa shape index (κ2) is 4.86. The van der Waals surface area contributed by atoms with Gasteiger partial charge in [0, 0.05) is 21.3 Å². The number of hydrogen-bond acceptors (Lipinski definition) is 2. The highest BCUT2D eigenvalue weighted by Crippen LogP contribution is 2.22. The number of ketones is 1. The van der Waals surface area contributed by atoms with E-state index in [-0.39, 0.29) is 16.8 Å². The fourth-order valence-corrected chi connectivity index (χ4v) is 1.91. The van der Waals surface area contributed by atoms with Gasteiger partial charge in [-0.05, 0) is 36.4 Å². The van der Waals surface area contributed by atoms with E-state index in [1.54, 1.807) is 12.1 Å². The van der Waals surface area contributed by atoms with Gasteiger partial charge in [0.15, 0.2) is 17.4 Å². The number of anilines is 1. The van der Waals surface area contributed by atoms with Crippen LogP contribution in [0.3, 0.4) is 0 Å². The van der Waals surface area contributed by atoms with Crippen molar-refractivity contribution < 1.29 is 13.6 Å². The van der Waals surface area contributed by atoms with E-state index in [4.69, 9.17) is 5.73 Å². The molecule has 0 saturated carbocycles. The number of nitrogens with two attached hydrogens (primary N) is 1. The largest absolute Gasteiger partial charge is 0.398 e. The maximum atomic E-state index is 13.1. The van der Waals surface area contributed by atoms with Crippen LogP contribution in [0.5, 0.6) is 0 Å². The van der Waals surface area contributed by atoms with E-state index >= 15 is 0 Å². The van der Waals surface area contributed by atoms with Gasteiger partial charge in [0.2, 0.25) is 0 Å². The molecule has 0 spiro atoms. The Morgan fingerprint density at radius 2 is 1.78 bits per heavy atom. The summed E-state index contributed by atoms with van der Waals surface area (Å²) in [6.07, 6.45) is 0. The minimum atomic E-state index is -1.06. The summed E-state index contributed by atoms with van der Waals surface area (Å²) in [5.74, 6) is -2.49. The first kappa shape index (κ1) is 12.7. The molecule has 2 nitrogen and oxygen atoms in total. The smallest absolute Gasteiger partial charge is 0.195 e. The van der Waals surface area contributed by atoms with Crippen LogP contribution in [0.4, 0.5) is 14.5 Å². The molecule has 0 unspecified atom stereocenters. The average Bonchev–Trinajstić information content (AvgIpc) is 2.32. The van der Waals surface area contributed by atoms with Gasteiger partial charge in [-0.15, -0.1) is 0 Å². The van der Waals surface area contributed by atoms with E-state index in [9.17, 15) is 13.6 Å². The minimum Gasteiger partial charge on any atom is -0.398 e. The summed E-state index contributed by atoms with van der Waals surface area (Å²) in [5, 5.41) is 0. The Balaban J connectivity index is 2.44. The molecule has 0 fully saturated rings. The highest BCUT2D eigenvalue weighted by atomic mass is 79.9. The summed E-state index contributed by atoms with van der Waals surface area (Å²) in [5.41, 5.74) is 6.30. The lowest BCUT2D eigenvalue weighted by molar-refractivity contribution is 0.103. The zero-order valence-electron chi connectivity index (χ0n) is 9.08. The summed E-state index contributed by atoms with van der Waals surface area (Å²) < 4.78 is 26.6. The summed E-state index contributed by atoms with van der Waals surface area (Å²) in [6.45, 7) is 0. The third-order valence-electron chi connectivity index (χ3n) is 2.44. The molecule has 0 aliphatic carbocycles. The van der Waals surface area contributed by atoms with Gasteiger partial charge in [0.05, 0.1) is 0 Å². The molecule has 92 valence electrons. The summed E-state index contributed by atoms with van der Waals surface area (Å²) in [6, 6.07) is 7.76. The minimum absolute atomic E-state index is 0.0583. The van der Waals surface area contributed by atoms with Crippen molar-refractivity contribution in [1.29, 1.82) is 0 Å². The summed E-state index contributed by atoms with van der Waals surface area (Å²) >= 11 is 3.22. The topological polar surface area (TPSA) is 43.1 Å². The molecule has 0 atom stereocenters. The quantitative estimate of drug-likeness (QED) is 0.681. The molecule has 0 heterocycles. The van der Waals surface area contributed by atoms with Crippen LogP contribution in [0, 0.1) is 11.6 Å². The van der Waals surface area contributed by atoms with Gasteiger partial charge < -0.3 is 5.73 Å². The van der Waals surface area contributed by atoms with Gasteiger partial charge in [-0.1, -0.05) is 15.9 Å². The molecule has 2 aromatic rings. The van der Waals surface area contributed by atoms with Crippen LogP contribution in [0.15, 0.2) is 40.9 Å². The number of benzene rings is 2. The van der Waals surface area contributed by atoms with Crippen molar-refractivity contribution in [1.82, 2.24) is 0 Å². The van der Waals surface area contributed by atoms with Crippen LogP contribution in [0.25, 0.3) is 0 Å². The second-order valence-electron chi connectivity index (χ2n) is 3.69. The summed E-state index contributed by atoms with van der Waals surface area (Å²) in [4.78, 5) is 12.1. The van der Waals surface area contributed by atoms with Crippen molar-refractivity contribution in [2.75, 3.05) is 5.73 Å². The van der Waals surface area contributed by atoms with Crippen molar-refractivity contribution in [3.8, 4) is 0 Å². The van der Waals surface area contributed by atoms with Crippen LogP contribution in [0.2, 0.25) is 0 Å². The molecule has 0 bridgehead atoms. The molecule has 0 amide bonds. The maximum Gasteiger partial charge on any atom is 0.195 e. The highest BCUT2D eigenvalue weighted by molar-refractivity contribution is 9.10. The van der Waals surface area contributed by atoms with E-state index in [0.29, 0.717) is 0 Å². The second-order valence-corrected chi connectivity index (χ2v) is 4.61. The molecule has 0 aliphatic rings. The van der Waals surface area contributed by atoms with Crippen molar-refractivity contribution in [2.24, 2.45) is 0 Å². The Morgan fingerprint density at radius 1 is 1.06 bits per heavy atom. The Hall–Kier alpha value is -1.75. The lowest BCUT2D eigenvalue weighted by Crippen LogP contribution is -2.06.